The molecule has 1 amide bonds. The van der Waals surface area contributed by atoms with E-state index in [0.717, 1.165) is 16.8 Å². The first-order chi connectivity index (χ1) is 12.7. The third kappa shape index (κ3) is 4.18. The molecule has 0 saturated carbocycles. The monoisotopic (exact) mass is 349 g/mol. The minimum atomic E-state index is -0.128. The molecule has 3 rings (SSSR count). The van der Waals surface area contributed by atoms with E-state index in [1.54, 1.807) is 22.8 Å². The van der Waals surface area contributed by atoms with Gasteiger partial charge in [0.15, 0.2) is 0 Å². The fourth-order valence-electron chi connectivity index (χ4n) is 3.04. The molecular formula is C21H23N3O2. The molecule has 1 heterocycles. The normalized spacial score (nSPS) is 11.9. The Kier molecular flexibility index (Phi) is 5.81. The number of hydrogen-bond acceptors (Lipinski definition) is 3. The molecule has 0 spiro atoms. The smallest absolute Gasteiger partial charge is 0.227 e. The van der Waals surface area contributed by atoms with Gasteiger partial charge in [-0.1, -0.05) is 42.5 Å². The second-order valence-corrected chi connectivity index (χ2v) is 6.24. The number of carbonyl (C=O) groups is 1. The molecule has 0 radical (unpaired) electrons. The van der Waals surface area contributed by atoms with Crippen molar-refractivity contribution >= 4 is 5.91 Å². The van der Waals surface area contributed by atoms with Crippen LogP contribution in [0.3, 0.4) is 0 Å². The molecule has 1 aromatic heterocycles. The Labute approximate surface area is 153 Å². The summed E-state index contributed by atoms with van der Waals surface area (Å²) in [4.78, 5) is 14.5. The summed E-state index contributed by atoms with van der Waals surface area (Å²) in [6.07, 6.45) is 4.46. The molecule has 0 bridgehead atoms. The molecule has 1 atom stereocenters. The molecule has 0 aliphatic carbocycles. The summed E-state index contributed by atoms with van der Waals surface area (Å²) in [7, 11) is 1.80. The summed E-state index contributed by atoms with van der Waals surface area (Å²) < 4.78 is 1.78. The summed E-state index contributed by atoms with van der Waals surface area (Å²) in [5.41, 5.74) is 2.95. The Balaban J connectivity index is 1.69. The first-order valence-corrected chi connectivity index (χ1v) is 8.69. The van der Waals surface area contributed by atoms with Crippen LogP contribution in [0, 0.1) is 0 Å². The van der Waals surface area contributed by atoms with E-state index in [0.29, 0.717) is 12.8 Å². The second-order valence-electron chi connectivity index (χ2n) is 6.24. The van der Waals surface area contributed by atoms with Gasteiger partial charge in [0.1, 0.15) is 0 Å². The van der Waals surface area contributed by atoms with Gasteiger partial charge >= 0.3 is 0 Å². The lowest BCUT2D eigenvalue weighted by atomic mass is 10.0. The lowest BCUT2D eigenvalue weighted by Gasteiger charge is -2.28. The van der Waals surface area contributed by atoms with E-state index in [-0.39, 0.29) is 18.6 Å². The number of carbonyl (C=O) groups excluding carboxylic acids is 1. The lowest BCUT2D eigenvalue weighted by Crippen LogP contribution is -2.33. The number of benzene rings is 2. The van der Waals surface area contributed by atoms with Crippen molar-refractivity contribution in [2.75, 3.05) is 13.7 Å². The van der Waals surface area contributed by atoms with Crippen LogP contribution in [-0.4, -0.2) is 39.3 Å². The molecule has 3 aromatic rings. The van der Waals surface area contributed by atoms with Crippen molar-refractivity contribution in [3.63, 3.8) is 0 Å². The number of amides is 1. The quantitative estimate of drug-likeness (QED) is 0.713. The molecule has 0 saturated heterocycles. The van der Waals surface area contributed by atoms with E-state index in [1.165, 1.54) is 0 Å². The Hall–Kier alpha value is -2.92. The number of aromatic nitrogens is 2. The van der Waals surface area contributed by atoms with E-state index >= 15 is 0 Å². The molecule has 5 heteroatoms. The largest absolute Gasteiger partial charge is 0.396 e. The van der Waals surface area contributed by atoms with Gasteiger partial charge in [-0.15, -0.1) is 0 Å². The van der Waals surface area contributed by atoms with Crippen molar-refractivity contribution in [3.8, 4) is 5.69 Å². The van der Waals surface area contributed by atoms with E-state index in [1.807, 2.05) is 66.9 Å². The topological polar surface area (TPSA) is 58.4 Å². The van der Waals surface area contributed by atoms with Crippen LogP contribution in [-0.2, 0) is 11.2 Å². The van der Waals surface area contributed by atoms with Crippen LogP contribution in [0.25, 0.3) is 5.69 Å². The van der Waals surface area contributed by atoms with Gasteiger partial charge in [-0.25, -0.2) is 4.68 Å². The van der Waals surface area contributed by atoms with Crippen LogP contribution < -0.4 is 0 Å². The van der Waals surface area contributed by atoms with E-state index in [9.17, 15) is 9.90 Å². The fourth-order valence-corrected chi connectivity index (χ4v) is 3.04. The third-order valence-corrected chi connectivity index (χ3v) is 4.51. The van der Waals surface area contributed by atoms with Crippen molar-refractivity contribution in [1.82, 2.24) is 14.7 Å². The summed E-state index contributed by atoms with van der Waals surface area (Å²) in [6.45, 7) is 0.0374. The Morgan fingerprint density at radius 2 is 1.85 bits per heavy atom. The number of aliphatic hydroxyl groups excluding tert-OH is 1. The minimum Gasteiger partial charge on any atom is -0.396 e. The Morgan fingerprint density at radius 3 is 2.46 bits per heavy atom. The van der Waals surface area contributed by atoms with Crippen LogP contribution in [0.5, 0.6) is 0 Å². The van der Waals surface area contributed by atoms with E-state index < -0.39 is 0 Å². The van der Waals surface area contributed by atoms with Gasteiger partial charge in [-0.05, 0) is 35.7 Å². The number of aliphatic hydroxyl groups is 1. The zero-order chi connectivity index (χ0) is 18.4. The average Bonchev–Trinajstić information content (AvgIpc) is 3.21. The van der Waals surface area contributed by atoms with Gasteiger partial charge in [0.2, 0.25) is 5.91 Å². The lowest BCUT2D eigenvalue weighted by molar-refractivity contribution is -0.131. The molecule has 134 valence electrons. The van der Waals surface area contributed by atoms with Gasteiger partial charge in [0.05, 0.1) is 18.2 Å². The summed E-state index contributed by atoms with van der Waals surface area (Å²) >= 11 is 0. The SMILES string of the molecule is CN(C(=O)Cc1ccc(-n2cccn2)cc1)C(CCO)c1ccccc1. The van der Waals surface area contributed by atoms with Crippen molar-refractivity contribution < 1.29 is 9.90 Å². The zero-order valence-electron chi connectivity index (χ0n) is 14.8. The first-order valence-electron chi connectivity index (χ1n) is 8.69. The third-order valence-electron chi connectivity index (χ3n) is 4.51. The van der Waals surface area contributed by atoms with Gasteiger partial charge in [-0.3, -0.25) is 4.79 Å². The maximum atomic E-state index is 12.7. The van der Waals surface area contributed by atoms with Crippen molar-refractivity contribution in [1.29, 1.82) is 0 Å². The number of rotatable bonds is 7. The van der Waals surface area contributed by atoms with Crippen molar-refractivity contribution in [3.05, 3.63) is 84.2 Å². The highest BCUT2D eigenvalue weighted by Gasteiger charge is 2.21. The number of hydrogen-bond donors (Lipinski definition) is 1. The minimum absolute atomic E-state index is 0.0270. The molecule has 1 unspecified atom stereocenters. The summed E-state index contributed by atoms with van der Waals surface area (Å²) in [5.74, 6) is 0.0270. The Bertz CT molecular complexity index is 814. The summed E-state index contributed by atoms with van der Waals surface area (Å²) in [5, 5.41) is 13.6. The molecule has 0 aliphatic rings. The first kappa shape index (κ1) is 17.9. The van der Waals surface area contributed by atoms with Crippen molar-refractivity contribution in [2.24, 2.45) is 0 Å². The highest BCUT2D eigenvalue weighted by atomic mass is 16.3. The standard InChI is InChI=1S/C21H23N3O2/c1-23(20(12-15-25)18-6-3-2-4-7-18)21(26)16-17-8-10-19(11-9-17)24-14-5-13-22-24/h2-11,13-14,20,25H,12,15-16H2,1H3. The molecule has 26 heavy (non-hydrogen) atoms. The van der Waals surface area contributed by atoms with Crippen LogP contribution in [0.4, 0.5) is 0 Å². The highest BCUT2D eigenvalue weighted by molar-refractivity contribution is 5.79. The van der Waals surface area contributed by atoms with Gasteiger partial charge in [0, 0.05) is 26.0 Å². The van der Waals surface area contributed by atoms with Gasteiger partial charge < -0.3 is 10.0 Å². The van der Waals surface area contributed by atoms with Gasteiger partial charge in [0.25, 0.3) is 0 Å². The van der Waals surface area contributed by atoms with Crippen LogP contribution in [0.15, 0.2) is 73.1 Å². The van der Waals surface area contributed by atoms with Crippen LogP contribution >= 0.6 is 0 Å². The fraction of sp³-hybridized carbons (Fsp3) is 0.238. The second kappa shape index (κ2) is 8.45. The molecule has 0 fully saturated rings. The van der Waals surface area contributed by atoms with Crippen molar-refractivity contribution in [2.45, 2.75) is 18.9 Å². The number of nitrogens with zero attached hydrogens (tertiary/aromatic N) is 3. The summed E-state index contributed by atoms with van der Waals surface area (Å²) in [6, 6.07) is 19.4. The molecule has 2 aromatic carbocycles. The molecule has 0 aliphatic heterocycles. The molecule has 5 nitrogen and oxygen atoms in total. The highest BCUT2D eigenvalue weighted by Crippen LogP contribution is 2.23. The zero-order valence-corrected chi connectivity index (χ0v) is 14.8. The predicted molar refractivity (Wildman–Crippen MR) is 101 cm³/mol. The maximum Gasteiger partial charge on any atom is 0.227 e. The van der Waals surface area contributed by atoms with Gasteiger partial charge in [-0.2, -0.15) is 5.10 Å². The van der Waals surface area contributed by atoms with Crippen LogP contribution in [0.2, 0.25) is 0 Å². The maximum absolute atomic E-state index is 12.7. The van der Waals surface area contributed by atoms with E-state index in [4.69, 9.17) is 0 Å². The van der Waals surface area contributed by atoms with E-state index in [2.05, 4.69) is 5.10 Å². The number of likely N-dealkylation sites (N-methyl/N-ethyl adjacent to an activating group) is 1. The molecule has 1 N–H and O–H groups in total. The van der Waals surface area contributed by atoms with Crippen LogP contribution in [0.1, 0.15) is 23.6 Å². The Morgan fingerprint density at radius 1 is 1.12 bits per heavy atom. The average molecular weight is 349 g/mol. The molecular weight excluding hydrogens is 326 g/mol. The predicted octanol–water partition coefficient (Wildman–Crippen LogP) is 3.00.